The third-order valence-electron chi connectivity index (χ3n) is 3.35. The highest BCUT2D eigenvalue weighted by molar-refractivity contribution is 5.73. The molecule has 2 heterocycles. The molecule has 1 aliphatic heterocycles. The second-order valence-corrected chi connectivity index (χ2v) is 4.77. The summed E-state index contributed by atoms with van der Waals surface area (Å²) in [5.74, 6) is 0.0110. The molecule has 5 heteroatoms. The first-order valence-electron chi connectivity index (χ1n) is 6.42. The number of rotatable bonds is 3. The molecular weight excluding hydrogens is 230 g/mol. The van der Waals surface area contributed by atoms with Gasteiger partial charge in [-0.1, -0.05) is 12.8 Å². The summed E-state index contributed by atoms with van der Waals surface area (Å²) in [6.07, 6.45) is 5.64. The molecule has 18 heavy (non-hydrogen) atoms. The fraction of sp³-hybridized carbons (Fsp3) is 0.615. The van der Waals surface area contributed by atoms with Crippen molar-refractivity contribution in [3.05, 3.63) is 23.8 Å². The topological polar surface area (TPSA) is 66.3 Å². The maximum atomic E-state index is 11.3. The maximum Gasteiger partial charge on any atom is 0.320 e. The lowest BCUT2D eigenvalue weighted by molar-refractivity contribution is -0.143. The molecule has 1 aliphatic rings. The number of hydrogen-bond acceptors (Lipinski definition) is 4. The van der Waals surface area contributed by atoms with Gasteiger partial charge in [0.25, 0.3) is 0 Å². The molecular formula is C13H19N3O2. The van der Waals surface area contributed by atoms with E-state index in [1.807, 2.05) is 17.9 Å². The van der Waals surface area contributed by atoms with Gasteiger partial charge in [-0.3, -0.25) is 9.69 Å². The smallest absolute Gasteiger partial charge is 0.320 e. The number of likely N-dealkylation sites (tertiary alicyclic amines) is 1. The van der Waals surface area contributed by atoms with Gasteiger partial charge in [0.15, 0.2) is 0 Å². The Morgan fingerprint density at radius 1 is 1.50 bits per heavy atom. The third-order valence-corrected chi connectivity index (χ3v) is 3.35. The summed E-state index contributed by atoms with van der Waals surface area (Å²) in [4.78, 5) is 21.7. The van der Waals surface area contributed by atoms with Crippen molar-refractivity contribution >= 4 is 5.97 Å². The van der Waals surface area contributed by atoms with Crippen LogP contribution in [0.25, 0.3) is 0 Å². The van der Waals surface area contributed by atoms with E-state index < -0.39 is 5.97 Å². The highest BCUT2D eigenvalue weighted by atomic mass is 16.4. The Labute approximate surface area is 107 Å². The molecule has 98 valence electrons. The fourth-order valence-corrected chi connectivity index (χ4v) is 2.44. The monoisotopic (exact) mass is 249 g/mol. The Hall–Kier alpha value is -1.49. The molecule has 1 aromatic rings. The lowest BCUT2D eigenvalue weighted by Gasteiger charge is -2.26. The van der Waals surface area contributed by atoms with Crippen LogP contribution in [0.2, 0.25) is 0 Å². The molecule has 1 unspecified atom stereocenters. The molecule has 0 aliphatic carbocycles. The lowest BCUT2D eigenvalue weighted by atomic mass is 10.1. The van der Waals surface area contributed by atoms with Crippen LogP contribution < -0.4 is 0 Å². The Kier molecular flexibility index (Phi) is 4.25. The Morgan fingerprint density at radius 2 is 2.33 bits per heavy atom. The average Bonchev–Trinajstić information content (AvgIpc) is 2.54. The van der Waals surface area contributed by atoms with E-state index >= 15 is 0 Å². The van der Waals surface area contributed by atoms with Crippen LogP contribution in [0, 0.1) is 6.92 Å². The van der Waals surface area contributed by atoms with E-state index in [1.54, 1.807) is 6.20 Å². The molecule has 0 amide bonds. The van der Waals surface area contributed by atoms with Crippen molar-refractivity contribution in [2.24, 2.45) is 0 Å². The highest BCUT2D eigenvalue weighted by Crippen LogP contribution is 2.18. The van der Waals surface area contributed by atoms with Gasteiger partial charge >= 0.3 is 5.97 Å². The SMILES string of the molecule is Cc1nccc(CN2CCCCCC2C(=O)O)n1. The minimum absolute atomic E-state index is 0.372. The van der Waals surface area contributed by atoms with Gasteiger partial charge in [-0.15, -0.1) is 0 Å². The number of carbonyl (C=O) groups is 1. The Bertz CT molecular complexity index is 422. The summed E-state index contributed by atoms with van der Waals surface area (Å²) < 4.78 is 0. The van der Waals surface area contributed by atoms with E-state index in [0.29, 0.717) is 6.54 Å². The summed E-state index contributed by atoms with van der Waals surface area (Å²) in [7, 11) is 0. The quantitative estimate of drug-likeness (QED) is 0.881. The zero-order valence-electron chi connectivity index (χ0n) is 10.7. The number of carboxylic acid groups (broad SMARTS) is 1. The van der Waals surface area contributed by atoms with Crippen LogP contribution in [-0.2, 0) is 11.3 Å². The summed E-state index contributed by atoms with van der Waals surface area (Å²) in [6.45, 7) is 3.28. The first-order valence-corrected chi connectivity index (χ1v) is 6.42. The van der Waals surface area contributed by atoms with Gasteiger partial charge in [0.2, 0.25) is 0 Å². The molecule has 1 atom stereocenters. The van der Waals surface area contributed by atoms with Gasteiger partial charge in [-0.05, 0) is 32.4 Å². The highest BCUT2D eigenvalue weighted by Gasteiger charge is 2.27. The van der Waals surface area contributed by atoms with Crippen molar-refractivity contribution in [1.82, 2.24) is 14.9 Å². The van der Waals surface area contributed by atoms with Gasteiger partial charge in [0.05, 0.1) is 5.69 Å². The van der Waals surface area contributed by atoms with E-state index in [2.05, 4.69) is 9.97 Å². The standard InChI is InChI=1S/C13H19N3O2/c1-10-14-7-6-11(15-10)9-16-8-4-2-3-5-12(16)13(17)18/h6-7,12H,2-5,8-9H2,1H3,(H,17,18). The molecule has 0 aromatic carbocycles. The largest absolute Gasteiger partial charge is 0.480 e. The minimum atomic E-state index is -0.720. The van der Waals surface area contributed by atoms with E-state index in [1.165, 1.54) is 0 Å². The van der Waals surface area contributed by atoms with Crippen molar-refractivity contribution in [2.75, 3.05) is 6.54 Å². The van der Waals surface area contributed by atoms with Crippen LogP contribution in [0.4, 0.5) is 0 Å². The van der Waals surface area contributed by atoms with Gasteiger partial charge in [-0.2, -0.15) is 0 Å². The van der Waals surface area contributed by atoms with Crippen molar-refractivity contribution < 1.29 is 9.90 Å². The van der Waals surface area contributed by atoms with Crippen molar-refractivity contribution in [1.29, 1.82) is 0 Å². The molecule has 1 N–H and O–H groups in total. The second kappa shape index (κ2) is 5.91. The predicted molar refractivity (Wildman–Crippen MR) is 67.1 cm³/mol. The molecule has 1 saturated heterocycles. The Balaban J connectivity index is 2.11. The molecule has 2 rings (SSSR count). The van der Waals surface area contributed by atoms with Gasteiger partial charge in [0, 0.05) is 12.7 Å². The van der Waals surface area contributed by atoms with E-state index in [-0.39, 0.29) is 6.04 Å². The Morgan fingerprint density at radius 3 is 3.06 bits per heavy atom. The zero-order valence-corrected chi connectivity index (χ0v) is 10.7. The summed E-state index contributed by atoms with van der Waals surface area (Å²) >= 11 is 0. The molecule has 0 spiro atoms. The van der Waals surface area contributed by atoms with Gasteiger partial charge in [0.1, 0.15) is 11.9 Å². The number of aromatic nitrogens is 2. The lowest BCUT2D eigenvalue weighted by Crippen LogP contribution is -2.40. The van der Waals surface area contributed by atoms with Crippen molar-refractivity contribution in [2.45, 2.75) is 45.2 Å². The molecule has 5 nitrogen and oxygen atoms in total. The normalized spacial score (nSPS) is 21.5. The number of carboxylic acids is 1. The van der Waals surface area contributed by atoms with Crippen LogP contribution in [0.5, 0.6) is 0 Å². The molecule has 0 saturated carbocycles. The maximum absolute atomic E-state index is 11.3. The molecule has 0 bridgehead atoms. The number of hydrogen-bond donors (Lipinski definition) is 1. The predicted octanol–water partition coefficient (Wildman–Crippen LogP) is 1.61. The number of aryl methyl sites for hydroxylation is 1. The van der Waals surface area contributed by atoms with Crippen LogP contribution in [0.15, 0.2) is 12.3 Å². The first kappa shape index (κ1) is 13.0. The summed E-state index contributed by atoms with van der Waals surface area (Å²) in [5, 5.41) is 9.29. The van der Waals surface area contributed by atoms with E-state index in [0.717, 1.165) is 43.7 Å². The first-order chi connectivity index (χ1) is 8.66. The summed E-state index contributed by atoms with van der Waals surface area (Å²) in [5.41, 5.74) is 0.899. The van der Waals surface area contributed by atoms with Crippen LogP contribution >= 0.6 is 0 Å². The third kappa shape index (κ3) is 3.26. The van der Waals surface area contributed by atoms with Gasteiger partial charge < -0.3 is 5.11 Å². The van der Waals surface area contributed by atoms with E-state index in [9.17, 15) is 9.90 Å². The average molecular weight is 249 g/mol. The van der Waals surface area contributed by atoms with Crippen LogP contribution in [0.1, 0.15) is 37.2 Å². The molecule has 1 aromatic heterocycles. The van der Waals surface area contributed by atoms with Gasteiger partial charge in [-0.25, -0.2) is 9.97 Å². The molecule has 0 radical (unpaired) electrons. The van der Waals surface area contributed by atoms with Crippen molar-refractivity contribution in [3.8, 4) is 0 Å². The van der Waals surface area contributed by atoms with E-state index in [4.69, 9.17) is 0 Å². The summed E-state index contributed by atoms with van der Waals surface area (Å²) in [6, 6.07) is 1.49. The van der Waals surface area contributed by atoms with Crippen LogP contribution in [-0.4, -0.2) is 38.5 Å². The van der Waals surface area contributed by atoms with Crippen LogP contribution in [0.3, 0.4) is 0 Å². The minimum Gasteiger partial charge on any atom is -0.480 e. The number of aliphatic carboxylic acids is 1. The number of nitrogens with zero attached hydrogens (tertiary/aromatic N) is 3. The van der Waals surface area contributed by atoms with Crippen molar-refractivity contribution in [3.63, 3.8) is 0 Å². The fourth-order valence-electron chi connectivity index (χ4n) is 2.44. The zero-order chi connectivity index (χ0) is 13.0. The molecule has 1 fully saturated rings. The second-order valence-electron chi connectivity index (χ2n) is 4.77.